The minimum absolute atomic E-state index is 0.194. The monoisotopic (exact) mass is 647 g/mol. The Morgan fingerprint density at radius 2 is 1.74 bits per heavy atom. The van der Waals surface area contributed by atoms with Crippen molar-refractivity contribution in [3.05, 3.63) is 144 Å². The molecule has 0 bridgehead atoms. The van der Waals surface area contributed by atoms with Gasteiger partial charge in [0.15, 0.2) is 4.80 Å². The number of nitrogens with zero attached hydrogens (tertiary/aromatic N) is 3. The third-order valence-corrected chi connectivity index (χ3v) is 9.55. The van der Waals surface area contributed by atoms with E-state index < -0.39 is 12.0 Å². The number of carbonyl (C=O) groups excluding carboxylic acids is 1. The topological polar surface area (TPSA) is 74.8 Å². The van der Waals surface area contributed by atoms with Crippen molar-refractivity contribution in [1.29, 1.82) is 0 Å². The first kappa shape index (κ1) is 29.8. The van der Waals surface area contributed by atoms with Gasteiger partial charge in [-0.25, -0.2) is 9.79 Å². The maximum Gasteiger partial charge on any atom is 0.338 e. The first-order valence-corrected chi connectivity index (χ1v) is 16.1. The summed E-state index contributed by atoms with van der Waals surface area (Å²) in [5, 5.41) is 3.56. The Hall–Kier alpha value is -4.92. The van der Waals surface area contributed by atoms with Gasteiger partial charge in [-0.1, -0.05) is 83.6 Å². The second-order valence-corrected chi connectivity index (χ2v) is 12.5. The van der Waals surface area contributed by atoms with Gasteiger partial charge < -0.3 is 14.0 Å². The molecule has 0 spiro atoms. The van der Waals surface area contributed by atoms with Crippen molar-refractivity contribution in [3.8, 4) is 5.75 Å². The molecule has 0 saturated carbocycles. The molecule has 7 rings (SSSR count). The highest BCUT2D eigenvalue weighted by molar-refractivity contribution is 7.07. The fraction of sp³-hybridized carbons (Fsp3) is 0.162. The van der Waals surface area contributed by atoms with Gasteiger partial charge in [-0.15, -0.1) is 0 Å². The van der Waals surface area contributed by atoms with Crippen LogP contribution in [0.1, 0.15) is 36.6 Å². The highest BCUT2D eigenvalue weighted by Crippen LogP contribution is 2.40. The molecule has 46 heavy (non-hydrogen) atoms. The molecule has 0 radical (unpaired) electrons. The standard InChI is InChI=1S/C37H30ClN3O4S/c1-4-45-36(43)32-22(2)39-37-41(34(32)33-28-11-6-5-9-24(28)15-18-30(33)44-3)35(42)31(46-37)19-25-21-40(29-12-8-7-10-27(25)29)20-23-13-16-26(38)17-14-23/h5-19,21,34H,4,20H2,1-3H3/b31-19+/t34-/m1/s1. The predicted octanol–water partition coefficient (Wildman–Crippen LogP) is 6.62. The highest BCUT2D eigenvalue weighted by atomic mass is 35.5. The summed E-state index contributed by atoms with van der Waals surface area (Å²) in [5.74, 6) is 0.0586. The second kappa shape index (κ2) is 12.1. The molecule has 6 aromatic rings. The van der Waals surface area contributed by atoms with Crippen LogP contribution in [0.25, 0.3) is 27.8 Å². The number of rotatable bonds is 7. The van der Waals surface area contributed by atoms with Crippen LogP contribution in [0.2, 0.25) is 5.02 Å². The lowest BCUT2D eigenvalue weighted by atomic mass is 9.90. The summed E-state index contributed by atoms with van der Waals surface area (Å²) in [6, 6.07) is 26.9. The summed E-state index contributed by atoms with van der Waals surface area (Å²) in [4.78, 5) is 33.3. The van der Waals surface area contributed by atoms with Gasteiger partial charge in [-0.3, -0.25) is 9.36 Å². The molecular weight excluding hydrogens is 618 g/mol. The van der Waals surface area contributed by atoms with E-state index in [0.717, 1.165) is 32.8 Å². The molecule has 0 unspecified atom stereocenters. The Balaban J connectivity index is 1.45. The van der Waals surface area contributed by atoms with Gasteiger partial charge in [0.2, 0.25) is 0 Å². The Kier molecular flexibility index (Phi) is 7.84. The van der Waals surface area contributed by atoms with Crippen LogP contribution < -0.4 is 19.6 Å². The number of methoxy groups -OCH3 is 1. The van der Waals surface area contributed by atoms with Crippen LogP contribution in [0.4, 0.5) is 0 Å². The van der Waals surface area contributed by atoms with Gasteiger partial charge in [0.25, 0.3) is 5.56 Å². The molecule has 0 N–H and O–H groups in total. The Bertz CT molecular complexity index is 2370. The van der Waals surface area contributed by atoms with Crippen molar-refractivity contribution in [1.82, 2.24) is 9.13 Å². The normalized spacial score (nSPS) is 14.9. The number of benzene rings is 4. The van der Waals surface area contributed by atoms with Gasteiger partial charge in [0, 0.05) is 39.8 Å². The van der Waals surface area contributed by atoms with Gasteiger partial charge in [0.1, 0.15) is 11.8 Å². The number of hydrogen-bond donors (Lipinski definition) is 0. The van der Waals surface area contributed by atoms with Crippen LogP contribution >= 0.6 is 22.9 Å². The van der Waals surface area contributed by atoms with Gasteiger partial charge in [-0.05, 0) is 60.5 Å². The van der Waals surface area contributed by atoms with Crippen LogP contribution in [0.15, 0.2) is 112 Å². The molecule has 2 aromatic heterocycles. The zero-order chi connectivity index (χ0) is 31.9. The molecule has 1 atom stereocenters. The number of allylic oxidation sites excluding steroid dienone is 1. The molecule has 0 aliphatic carbocycles. The van der Waals surface area contributed by atoms with E-state index in [4.69, 9.17) is 26.1 Å². The number of halogens is 1. The van der Waals surface area contributed by atoms with E-state index in [1.807, 2.05) is 78.9 Å². The maximum atomic E-state index is 14.5. The van der Waals surface area contributed by atoms with Crippen molar-refractivity contribution >= 4 is 56.7 Å². The van der Waals surface area contributed by atoms with Crippen molar-refractivity contribution in [2.24, 2.45) is 4.99 Å². The largest absolute Gasteiger partial charge is 0.496 e. The Labute approximate surface area is 273 Å². The molecule has 230 valence electrons. The minimum Gasteiger partial charge on any atom is -0.496 e. The third kappa shape index (κ3) is 5.13. The predicted molar refractivity (Wildman–Crippen MR) is 183 cm³/mol. The zero-order valence-electron chi connectivity index (χ0n) is 25.5. The SMILES string of the molecule is CCOC(=O)C1=C(C)N=c2s/c(=C/c3cn(Cc4ccc(Cl)cc4)c4ccccc34)c(=O)n2[C@H]1c1c(OC)ccc2ccccc12. The van der Waals surface area contributed by atoms with Crippen LogP contribution in [0.5, 0.6) is 5.75 Å². The van der Waals surface area contributed by atoms with E-state index in [9.17, 15) is 9.59 Å². The van der Waals surface area contributed by atoms with Crippen molar-refractivity contribution in [2.45, 2.75) is 26.4 Å². The highest BCUT2D eigenvalue weighted by Gasteiger charge is 2.36. The molecule has 0 amide bonds. The fourth-order valence-corrected chi connectivity index (χ4v) is 7.41. The smallest absolute Gasteiger partial charge is 0.338 e. The first-order valence-electron chi connectivity index (χ1n) is 15.0. The lowest BCUT2D eigenvalue weighted by Gasteiger charge is -2.27. The summed E-state index contributed by atoms with van der Waals surface area (Å²) in [7, 11) is 1.59. The summed E-state index contributed by atoms with van der Waals surface area (Å²) in [6.07, 6.45) is 3.99. The maximum absolute atomic E-state index is 14.5. The summed E-state index contributed by atoms with van der Waals surface area (Å²) in [6.45, 7) is 4.40. The lowest BCUT2D eigenvalue weighted by Crippen LogP contribution is -2.40. The molecule has 3 heterocycles. The average molecular weight is 648 g/mol. The van der Waals surface area contributed by atoms with E-state index in [1.165, 1.54) is 11.3 Å². The van der Waals surface area contributed by atoms with Crippen LogP contribution in [-0.2, 0) is 16.1 Å². The second-order valence-electron chi connectivity index (χ2n) is 11.1. The lowest BCUT2D eigenvalue weighted by molar-refractivity contribution is -0.139. The van der Waals surface area contributed by atoms with E-state index in [1.54, 1.807) is 25.5 Å². The molecule has 4 aromatic carbocycles. The molecule has 0 fully saturated rings. The molecule has 7 nitrogen and oxygen atoms in total. The van der Waals surface area contributed by atoms with Gasteiger partial charge in [0.05, 0.1) is 29.5 Å². The quantitative estimate of drug-likeness (QED) is 0.183. The van der Waals surface area contributed by atoms with E-state index in [2.05, 4.69) is 22.9 Å². The van der Waals surface area contributed by atoms with Crippen molar-refractivity contribution < 1.29 is 14.3 Å². The van der Waals surface area contributed by atoms with Gasteiger partial charge >= 0.3 is 5.97 Å². The zero-order valence-corrected chi connectivity index (χ0v) is 27.1. The minimum atomic E-state index is -0.801. The van der Waals surface area contributed by atoms with Gasteiger partial charge in [-0.2, -0.15) is 0 Å². The summed E-state index contributed by atoms with van der Waals surface area (Å²) < 4.78 is 15.7. The third-order valence-electron chi connectivity index (χ3n) is 8.31. The number of thiazole rings is 1. The molecule has 1 aliphatic rings. The summed E-state index contributed by atoms with van der Waals surface area (Å²) >= 11 is 7.43. The van der Waals surface area contributed by atoms with Crippen LogP contribution in [-0.4, -0.2) is 28.8 Å². The number of hydrogen-bond acceptors (Lipinski definition) is 6. The van der Waals surface area contributed by atoms with Crippen LogP contribution in [0, 0.1) is 0 Å². The number of ether oxygens (including phenoxy) is 2. The number of para-hydroxylation sites is 1. The molecule has 9 heteroatoms. The Morgan fingerprint density at radius 1 is 1.00 bits per heavy atom. The van der Waals surface area contributed by atoms with E-state index in [0.29, 0.717) is 43.5 Å². The average Bonchev–Trinajstić information content (AvgIpc) is 3.56. The van der Waals surface area contributed by atoms with Crippen molar-refractivity contribution in [2.75, 3.05) is 13.7 Å². The van der Waals surface area contributed by atoms with E-state index in [-0.39, 0.29) is 12.2 Å². The van der Waals surface area contributed by atoms with Crippen molar-refractivity contribution in [3.63, 3.8) is 0 Å². The molecular formula is C37H30ClN3O4S. The first-order chi connectivity index (χ1) is 22.4. The van der Waals surface area contributed by atoms with E-state index >= 15 is 0 Å². The molecule has 0 saturated heterocycles. The fourth-order valence-electron chi connectivity index (χ4n) is 6.25. The Morgan fingerprint density at radius 3 is 2.50 bits per heavy atom. The number of carbonyl (C=O) groups is 1. The number of fused-ring (bicyclic) bond motifs is 3. The number of esters is 1. The van der Waals surface area contributed by atoms with Crippen LogP contribution in [0.3, 0.4) is 0 Å². The molecule has 1 aliphatic heterocycles. The summed E-state index contributed by atoms with van der Waals surface area (Å²) in [5.41, 5.74) is 4.37. The number of aromatic nitrogens is 2.